The van der Waals surface area contributed by atoms with Crippen LogP contribution < -0.4 is 31.3 Å². The van der Waals surface area contributed by atoms with Crippen molar-refractivity contribution in [3.63, 3.8) is 0 Å². The summed E-state index contributed by atoms with van der Waals surface area (Å²) in [6.45, 7) is 30.3. The highest BCUT2D eigenvalue weighted by atomic mass is 16.3. The van der Waals surface area contributed by atoms with Crippen molar-refractivity contribution in [3.8, 4) is 0 Å². The van der Waals surface area contributed by atoms with E-state index in [0.29, 0.717) is 0 Å². The minimum atomic E-state index is -0.182. The summed E-state index contributed by atoms with van der Waals surface area (Å²) in [5, 5.41) is 1.17. The van der Waals surface area contributed by atoms with Gasteiger partial charge in [0, 0.05) is 45.2 Å². The summed E-state index contributed by atoms with van der Waals surface area (Å²) in [5.74, 6) is 0. The normalized spacial score (nSPS) is 15.9. The molecular formula is C64H68BN3O. The highest BCUT2D eigenvalue weighted by molar-refractivity contribution is 7.00. The molecule has 0 atom stereocenters. The molecule has 0 radical (unpaired) electrons. The van der Waals surface area contributed by atoms with Gasteiger partial charge in [-0.1, -0.05) is 163 Å². The van der Waals surface area contributed by atoms with Gasteiger partial charge in [0.25, 0.3) is 6.71 Å². The van der Waals surface area contributed by atoms with Crippen LogP contribution in [-0.4, -0.2) is 6.71 Å². The summed E-state index contributed by atoms with van der Waals surface area (Å²) < 4.78 is 7.62. The molecule has 0 fully saturated rings. The number of benzene rings is 7. The summed E-state index contributed by atoms with van der Waals surface area (Å²) in [5.41, 5.74) is 21.4. The van der Waals surface area contributed by atoms with Crippen LogP contribution in [0.5, 0.6) is 0 Å². The molecule has 348 valence electrons. The van der Waals surface area contributed by atoms with Crippen molar-refractivity contribution in [2.24, 2.45) is 0 Å². The van der Waals surface area contributed by atoms with Gasteiger partial charge in [-0.05, 0) is 158 Å². The lowest BCUT2D eigenvalue weighted by Crippen LogP contribution is -2.61. The summed E-state index contributed by atoms with van der Waals surface area (Å²) in [6, 6.07) is 57.5. The van der Waals surface area contributed by atoms with Gasteiger partial charge in [-0.15, -0.1) is 0 Å². The van der Waals surface area contributed by atoms with Gasteiger partial charge in [-0.2, -0.15) is 0 Å². The SMILES string of the molecule is CC(C)(C)c1ccc(N2c3ccc(C(C)(C)C)cc3B3c4oc5cc6c(cc5c4N(c4ccc(C(C)(C)C)cc4)c4cc(N(c5ccccc5)c5ccccc5)cc2c43)C(C)(C)CCC6(C)C)cc1. The lowest BCUT2D eigenvalue weighted by atomic mass is 9.35. The van der Waals surface area contributed by atoms with Crippen LogP contribution in [0.3, 0.4) is 0 Å². The largest absolute Gasteiger partial charge is 0.468 e. The van der Waals surface area contributed by atoms with Crippen LogP contribution in [0, 0.1) is 0 Å². The smallest absolute Gasteiger partial charge is 0.297 e. The molecule has 0 bridgehead atoms. The van der Waals surface area contributed by atoms with E-state index in [0.717, 1.165) is 69.6 Å². The first-order chi connectivity index (χ1) is 32.6. The fraction of sp³-hybridized carbons (Fsp3) is 0.312. The number of hydrogen-bond donors (Lipinski definition) is 0. The maximum absolute atomic E-state index is 7.62. The fourth-order valence-corrected chi connectivity index (χ4v) is 11.5. The molecule has 4 nitrogen and oxygen atoms in total. The van der Waals surface area contributed by atoms with Crippen LogP contribution in [0.1, 0.15) is 131 Å². The molecule has 11 rings (SSSR count). The predicted molar refractivity (Wildman–Crippen MR) is 296 cm³/mol. The maximum atomic E-state index is 7.62. The number of fused-ring (bicyclic) bond motifs is 7. The van der Waals surface area contributed by atoms with Crippen molar-refractivity contribution < 1.29 is 4.42 Å². The minimum absolute atomic E-state index is 0.00106. The zero-order valence-electron chi connectivity index (χ0n) is 43.2. The zero-order chi connectivity index (χ0) is 48.6. The topological polar surface area (TPSA) is 22.9 Å². The Labute approximate surface area is 412 Å². The Bertz CT molecular complexity index is 3230. The second-order valence-electron chi connectivity index (χ2n) is 24.6. The Morgan fingerprint density at radius 2 is 0.942 bits per heavy atom. The van der Waals surface area contributed by atoms with Crippen LogP contribution in [0.25, 0.3) is 11.0 Å². The fourth-order valence-electron chi connectivity index (χ4n) is 11.5. The predicted octanol–water partition coefficient (Wildman–Crippen LogP) is 16.2. The highest BCUT2D eigenvalue weighted by Crippen LogP contribution is 2.53. The van der Waals surface area contributed by atoms with E-state index in [1.165, 1.54) is 49.8 Å². The van der Waals surface area contributed by atoms with E-state index in [1.807, 2.05) is 0 Å². The molecule has 0 amide bonds. The zero-order valence-corrected chi connectivity index (χ0v) is 43.2. The molecule has 1 aliphatic carbocycles. The minimum Gasteiger partial charge on any atom is -0.468 e. The van der Waals surface area contributed by atoms with Crippen LogP contribution >= 0.6 is 0 Å². The molecule has 7 aromatic carbocycles. The number of para-hydroxylation sites is 2. The molecule has 69 heavy (non-hydrogen) atoms. The monoisotopic (exact) mass is 906 g/mol. The Morgan fingerprint density at radius 1 is 0.478 bits per heavy atom. The average molecular weight is 906 g/mol. The number of hydrogen-bond acceptors (Lipinski definition) is 4. The second kappa shape index (κ2) is 15.5. The Hall–Kier alpha value is -6.46. The molecule has 3 aliphatic rings. The van der Waals surface area contributed by atoms with E-state index in [9.17, 15) is 0 Å². The van der Waals surface area contributed by atoms with Crippen molar-refractivity contribution >= 4 is 85.5 Å². The summed E-state index contributed by atoms with van der Waals surface area (Å²) in [6.07, 6.45) is 2.28. The molecule has 5 heteroatoms. The van der Waals surface area contributed by atoms with Crippen molar-refractivity contribution in [2.45, 2.75) is 130 Å². The third-order valence-corrected chi connectivity index (χ3v) is 15.8. The van der Waals surface area contributed by atoms with Crippen molar-refractivity contribution in [1.29, 1.82) is 0 Å². The number of rotatable bonds is 5. The van der Waals surface area contributed by atoms with E-state index in [1.54, 1.807) is 0 Å². The molecular weight excluding hydrogens is 838 g/mol. The molecule has 8 aromatic rings. The molecule has 3 heterocycles. The summed E-state index contributed by atoms with van der Waals surface area (Å²) in [7, 11) is 0. The standard InChI is InChI=1S/C64H68BN3O/c1-60(2,3)41-24-29-46(30-25-41)67-53-33-28-43(62(7,8)9)36-52(53)65-57-54(67)37-48(66(44-20-16-14-17-21-44)45-22-18-15-19-23-45)38-55(57)68(47-31-26-42(27-32-47)61(4,5)6)58-49-39-50-51(40-56(49)69-59(58)65)64(12,13)35-34-63(50,10)11/h14-33,36-40H,34-35H2,1-13H3. The first-order valence-corrected chi connectivity index (χ1v) is 25.3. The lowest BCUT2D eigenvalue weighted by molar-refractivity contribution is 0.332. The number of furan rings is 1. The summed E-state index contributed by atoms with van der Waals surface area (Å²) >= 11 is 0. The van der Waals surface area contributed by atoms with Crippen molar-refractivity contribution in [3.05, 3.63) is 179 Å². The maximum Gasteiger partial charge on any atom is 0.297 e. The molecule has 0 spiro atoms. The highest BCUT2D eigenvalue weighted by Gasteiger charge is 2.48. The number of nitrogens with zero attached hydrogens (tertiary/aromatic N) is 3. The van der Waals surface area contributed by atoms with E-state index in [4.69, 9.17) is 4.42 Å². The molecule has 2 aliphatic heterocycles. The lowest BCUT2D eigenvalue weighted by Gasteiger charge is -2.44. The molecule has 0 N–H and O–H groups in total. The second-order valence-corrected chi connectivity index (χ2v) is 24.6. The third-order valence-electron chi connectivity index (χ3n) is 15.8. The van der Waals surface area contributed by atoms with Crippen LogP contribution in [-0.2, 0) is 27.1 Å². The van der Waals surface area contributed by atoms with E-state index in [2.05, 4.69) is 256 Å². The van der Waals surface area contributed by atoms with Gasteiger partial charge in [-0.3, -0.25) is 0 Å². The Kier molecular flexibility index (Phi) is 10.1. The van der Waals surface area contributed by atoms with E-state index < -0.39 is 0 Å². The van der Waals surface area contributed by atoms with E-state index in [-0.39, 0.29) is 33.8 Å². The van der Waals surface area contributed by atoms with Crippen molar-refractivity contribution in [1.82, 2.24) is 0 Å². The quantitative estimate of drug-likeness (QED) is 0.161. The molecule has 0 saturated heterocycles. The molecule has 0 saturated carbocycles. The van der Waals surface area contributed by atoms with Gasteiger partial charge >= 0.3 is 0 Å². The van der Waals surface area contributed by atoms with Gasteiger partial charge < -0.3 is 19.1 Å². The molecule has 0 unspecified atom stereocenters. The average Bonchev–Trinajstić information content (AvgIpc) is 3.68. The van der Waals surface area contributed by atoms with Gasteiger partial charge in [0.15, 0.2) is 0 Å². The van der Waals surface area contributed by atoms with Gasteiger partial charge in [0.2, 0.25) is 0 Å². The Morgan fingerprint density at radius 3 is 1.45 bits per heavy atom. The first kappa shape index (κ1) is 45.0. The third kappa shape index (κ3) is 7.42. The number of anilines is 9. The first-order valence-electron chi connectivity index (χ1n) is 25.3. The van der Waals surface area contributed by atoms with Gasteiger partial charge in [-0.25, -0.2) is 0 Å². The molecule has 1 aromatic heterocycles. The van der Waals surface area contributed by atoms with Crippen molar-refractivity contribution in [2.75, 3.05) is 14.7 Å². The van der Waals surface area contributed by atoms with Gasteiger partial charge in [0.05, 0.1) is 17.0 Å². The van der Waals surface area contributed by atoms with Crippen LogP contribution in [0.15, 0.2) is 156 Å². The van der Waals surface area contributed by atoms with Crippen LogP contribution in [0.4, 0.5) is 51.2 Å². The van der Waals surface area contributed by atoms with Crippen LogP contribution in [0.2, 0.25) is 0 Å². The summed E-state index contributed by atoms with van der Waals surface area (Å²) in [4.78, 5) is 7.53. The van der Waals surface area contributed by atoms with Gasteiger partial charge in [0.1, 0.15) is 5.58 Å². The Balaban J connectivity index is 1.30. The van der Waals surface area contributed by atoms with E-state index >= 15 is 0 Å².